The van der Waals surface area contributed by atoms with Crippen molar-refractivity contribution in [3.05, 3.63) is 35.4 Å². The highest BCUT2D eigenvalue weighted by Gasteiger charge is 2.51. The van der Waals surface area contributed by atoms with Gasteiger partial charge in [-0.2, -0.15) is 0 Å². The van der Waals surface area contributed by atoms with Crippen molar-refractivity contribution in [3.63, 3.8) is 0 Å². The Morgan fingerprint density at radius 3 is 2.79 bits per heavy atom. The Labute approximate surface area is 127 Å². The van der Waals surface area contributed by atoms with Gasteiger partial charge in [0.2, 0.25) is 0 Å². The predicted molar refractivity (Wildman–Crippen MR) is 78.2 cm³/mol. The molecule has 6 heteroatoms. The van der Waals surface area contributed by atoms with E-state index in [9.17, 15) is 0 Å². The SMILES string of the molecule is CCON=Cc1cccc(C2(CC(Cl)(Cl)Cl)CO2)c1. The van der Waals surface area contributed by atoms with Crippen LogP contribution >= 0.6 is 34.8 Å². The van der Waals surface area contributed by atoms with Crippen molar-refractivity contribution in [2.45, 2.75) is 22.7 Å². The molecule has 19 heavy (non-hydrogen) atoms. The van der Waals surface area contributed by atoms with Crippen LogP contribution in [0.25, 0.3) is 0 Å². The van der Waals surface area contributed by atoms with E-state index in [4.69, 9.17) is 44.4 Å². The average molecular weight is 323 g/mol. The summed E-state index contributed by atoms with van der Waals surface area (Å²) in [5.41, 5.74) is 1.42. The molecule has 0 spiro atoms. The second-order valence-electron chi connectivity index (χ2n) is 4.35. The van der Waals surface area contributed by atoms with E-state index in [1.807, 2.05) is 31.2 Å². The second kappa shape index (κ2) is 5.88. The van der Waals surface area contributed by atoms with E-state index in [0.29, 0.717) is 19.6 Å². The van der Waals surface area contributed by atoms with Crippen LogP contribution in [0.3, 0.4) is 0 Å². The molecule has 1 fully saturated rings. The summed E-state index contributed by atoms with van der Waals surface area (Å²) in [6.45, 7) is 2.98. The fourth-order valence-electron chi connectivity index (χ4n) is 1.86. The van der Waals surface area contributed by atoms with E-state index in [0.717, 1.165) is 11.1 Å². The van der Waals surface area contributed by atoms with Gasteiger partial charge >= 0.3 is 0 Å². The lowest BCUT2D eigenvalue weighted by Gasteiger charge is -2.18. The van der Waals surface area contributed by atoms with Gasteiger partial charge in [-0.15, -0.1) is 0 Å². The van der Waals surface area contributed by atoms with Gasteiger partial charge < -0.3 is 9.57 Å². The maximum absolute atomic E-state index is 5.85. The van der Waals surface area contributed by atoms with E-state index < -0.39 is 9.39 Å². The van der Waals surface area contributed by atoms with E-state index in [1.54, 1.807) is 6.21 Å². The molecule has 0 aliphatic carbocycles. The van der Waals surface area contributed by atoms with Gasteiger partial charge in [0.25, 0.3) is 0 Å². The number of oxime groups is 1. The van der Waals surface area contributed by atoms with E-state index in [-0.39, 0.29) is 0 Å². The van der Waals surface area contributed by atoms with Crippen LogP contribution in [0, 0.1) is 0 Å². The molecule has 0 radical (unpaired) electrons. The van der Waals surface area contributed by atoms with Gasteiger partial charge in [0.1, 0.15) is 12.2 Å². The maximum Gasteiger partial charge on any atom is 0.193 e. The molecule has 1 aromatic rings. The van der Waals surface area contributed by atoms with Crippen molar-refractivity contribution in [3.8, 4) is 0 Å². The topological polar surface area (TPSA) is 34.1 Å². The zero-order chi connectivity index (χ0) is 13.9. The minimum atomic E-state index is -1.33. The molecule has 1 unspecified atom stereocenters. The molecule has 0 N–H and O–H groups in total. The molecule has 1 aliphatic heterocycles. The number of epoxide rings is 1. The first kappa shape index (κ1) is 14.9. The Kier molecular flexibility index (Phi) is 4.62. The third kappa shape index (κ3) is 4.25. The molecule has 1 heterocycles. The number of ether oxygens (including phenoxy) is 1. The molecule has 1 saturated heterocycles. The maximum atomic E-state index is 5.85. The van der Waals surface area contributed by atoms with Gasteiger partial charge in [-0.1, -0.05) is 58.2 Å². The zero-order valence-electron chi connectivity index (χ0n) is 10.4. The number of hydrogen-bond acceptors (Lipinski definition) is 3. The Bertz CT molecular complexity index is 467. The van der Waals surface area contributed by atoms with Gasteiger partial charge in [-0.05, 0) is 24.1 Å². The average Bonchev–Trinajstić information content (AvgIpc) is 3.08. The molecule has 0 amide bonds. The highest BCUT2D eigenvalue weighted by Crippen LogP contribution is 2.49. The molecular weight excluding hydrogens is 309 g/mol. The number of benzene rings is 1. The van der Waals surface area contributed by atoms with Gasteiger partial charge in [-0.25, -0.2) is 0 Å². The fourth-order valence-corrected chi connectivity index (χ4v) is 2.50. The summed E-state index contributed by atoms with van der Waals surface area (Å²) in [5.74, 6) is 0. The molecule has 0 bridgehead atoms. The third-order valence-corrected chi connectivity index (χ3v) is 3.20. The van der Waals surface area contributed by atoms with Crippen LogP contribution in [0.15, 0.2) is 29.4 Å². The Morgan fingerprint density at radius 1 is 1.47 bits per heavy atom. The van der Waals surface area contributed by atoms with Crippen LogP contribution in [0.1, 0.15) is 24.5 Å². The molecule has 1 aliphatic rings. The lowest BCUT2D eigenvalue weighted by Crippen LogP contribution is -2.18. The molecule has 2 rings (SSSR count). The van der Waals surface area contributed by atoms with E-state index >= 15 is 0 Å². The first-order valence-corrected chi connectivity index (χ1v) is 7.05. The summed E-state index contributed by atoms with van der Waals surface area (Å²) in [5, 5.41) is 3.83. The molecule has 1 aromatic carbocycles. The zero-order valence-corrected chi connectivity index (χ0v) is 12.7. The number of rotatable bonds is 5. The fraction of sp³-hybridized carbons (Fsp3) is 0.462. The summed E-state index contributed by atoms with van der Waals surface area (Å²) in [7, 11) is 0. The van der Waals surface area contributed by atoms with Gasteiger partial charge in [0, 0.05) is 6.42 Å². The van der Waals surface area contributed by atoms with Crippen LogP contribution in [-0.2, 0) is 15.2 Å². The van der Waals surface area contributed by atoms with Crippen LogP contribution in [0.5, 0.6) is 0 Å². The summed E-state index contributed by atoms with van der Waals surface area (Å²) in [6.07, 6.45) is 1.98. The number of hydrogen-bond donors (Lipinski definition) is 0. The highest BCUT2D eigenvalue weighted by molar-refractivity contribution is 6.67. The molecule has 0 saturated carbocycles. The van der Waals surface area contributed by atoms with Crippen molar-refractivity contribution in [2.75, 3.05) is 13.2 Å². The summed E-state index contributed by atoms with van der Waals surface area (Å²) in [6, 6.07) is 7.77. The normalized spacial score (nSPS) is 22.7. The minimum absolute atomic E-state index is 0.330. The molecule has 104 valence electrons. The number of halogens is 3. The quantitative estimate of drug-likeness (QED) is 0.355. The monoisotopic (exact) mass is 321 g/mol. The Hall–Kier alpha value is -0.480. The van der Waals surface area contributed by atoms with Crippen LogP contribution in [-0.4, -0.2) is 23.2 Å². The summed E-state index contributed by atoms with van der Waals surface area (Å²) >= 11 is 17.6. The van der Waals surface area contributed by atoms with Crippen LogP contribution in [0.4, 0.5) is 0 Å². The summed E-state index contributed by atoms with van der Waals surface area (Å²) in [4.78, 5) is 4.93. The number of nitrogens with zero attached hydrogens (tertiary/aromatic N) is 1. The van der Waals surface area contributed by atoms with Gasteiger partial charge in [0.05, 0.1) is 12.8 Å². The Morgan fingerprint density at radius 2 is 2.21 bits per heavy atom. The lowest BCUT2D eigenvalue weighted by molar-refractivity contribution is 0.160. The molecule has 0 aromatic heterocycles. The largest absolute Gasteiger partial charge is 0.396 e. The number of alkyl halides is 3. The minimum Gasteiger partial charge on any atom is -0.396 e. The van der Waals surface area contributed by atoms with Crippen molar-refractivity contribution in [1.29, 1.82) is 0 Å². The standard InChI is InChI=1S/C13H14Cl3NO2/c1-2-19-17-7-10-4-3-5-11(6-10)12(9-18-12)8-13(14,15)16/h3-7H,2,8-9H2,1H3. The predicted octanol–water partition coefficient (Wildman–Crippen LogP) is 4.04. The van der Waals surface area contributed by atoms with E-state index in [2.05, 4.69) is 5.16 Å². The third-order valence-electron chi connectivity index (χ3n) is 2.80. The summed E-state index contributed by atoms with van der Waals surface area (Å²) < 4.78 is 4.18. The van der Waals surface area contributed by atoms with Crippen LogP contribution < -0.4 is 0 Å². The van der Waals surface area contributed by atoms with Crippen molar-refractivity contribution >= 4 is 41.0 Å². The lowest BCUT2D eigenvalue weighted by atomic mass is 9.95. The first-order chi connectivity index (χ1) is 8.95. The van der Waals surface area contributed by atoms with Gasteiger partial charge in [0.15, 0.2) is 3.79 Å². The smallest absolute Gasteiger partial charge is 0.193 e. The van der Waals surface area contributed by atoms with Crippen molar-refractivity contribution < 1.29 is 9.57 Å². The van der Waals surface area contributed by atoms with Crippen molar-refractivity contribution in [2.24, 2.45) is 5.16 Å². The molecule has 1 atom stereocenters. The molecule has 3 nitrogen and oxygen atoms in total. The second-order valence-corrected chi connectivity index (χ2v) is 6.87. The van der Waals surface area contributed by atoms with Crippen molar-refractivity contribution in [1.82, 2.24) is 0 Å². The van der Waals surface area contributed by atoms with E-state index in [1.165, 1.54) is 0 Å². The molecular formula is C13H14Cl3NO2. The first-order valence-electron chi connectivity index (χ1n) is 5.92. The highest BCUT2D eigenvalue weighted by atomic mass is 35.6. The van der Waals surface area contributed by atoms with Gasteiger partial charge in [-0.3, -0.25) is 0 Å². The van der Waals surface area contributed by atoms with Crippen LogP contribution in [0.2, 0.25) is 0 Å². The Balaban J connectivity index is 2.15.